The molecule has 28 heavy (non-hydrogen) atoms. The van der Waals surface area contributed by atoms with Crippen molar-refractivity contribution in [2.75, 3.05) is 10.6 Å². The Labute approximate surface area is 163 Å². The summed E-state index contributed by atoms with van der Waals surface area (Å²) >= 11 is 0. The van der Waals surface area contributed by atoms with Gasteiger partial charge in [0.25, 0.3) is 5.91 Å². The third-order valence-electron chi connectivity index (χ3n) is 4.46. The maximum absolute atomic E-state index is 12.6. The molecule has 4 aromatic rings. The first-order valence-corrected chi connectivity index (χ1v) is 9.09. The Hall–Kier alpha value is -3.73. The third-order valence-corrected chi connectivity index (χ3v) is 4.46. The van der Waals surface area contributed by atoms with Crippen LogP contribution < -0.4 is 10.6 Å². The van der Waals surface area contributed by atoms with Gasteiger partial charge in [-0.05, 0) is 36.8 Å². The van der Waals surface area contributed by atoms with Gasteiger partial charge in [-0.2, -0.15) is 0 Å². The molecule has 1 amide bonds. The van der Waals surface area contributed by atoms with Gasteiger partial charge >= 0.3 is 0 Å². The van der Waals surface area contributed by atoms with Crippen molar-refractivity contribution >= 4 is 28.2 Å². The zero-order valence-electron chi connectivity index (χ0n) is 15.5. The van der Waals surface area contributed by atoms with E-state index in [1.54, 1.807) is 18.5 Å². The number of para-hydroxylation sites is 1. The van der Waals surface area contributed by atoms with Crippen molar-refractivity contribution in [3.05, 3.63) is 95.9 Å². The highest BCUT2D eigenvalue weighted by Crippen LogP contribution is 2.21. The number of rotatable bonds is 5. The van der Waals surface area contributed by atoms with Gasteiger partial charge in [-0.1, -0.05) is 48.0 Å². The van der Waals surface area contributed by atoms with Gasteiger partial charge in [-0.15, -0.1) is 0 Å². The Morgan fingerprint density at radius 2 is 1.82 bits per heavy atom. The van der Waals surface area contributed by atoms with Gasteiger partial charge in [0, 0.05) is 18.1 Å². The summed E-state index contributed by atoms with van der Waals surface area (Å²) in [4.78, 5) is 21.2. The van der Waals surface area contributed by atoms with Crippen LogP contribution in [0.3, 0.4) is 0 Å². The zero-order chi connectivity index (χ0) is 19.3. The molecule has 5 nitrogen and oxygen atoms in total. The van der Waals surface area contributed by atoms with Crippen LogP contribution in [0.15, 0.2) is 79.1 Å². The third kappa shape index (κ3) is 3.99. The number of nitrogens with one attached hydrogen (secondary N) is 2. The summed E-state index contributed by atoms with van der Waals surface area (Å²) in [5, 5.41) is 7.20. The standard InChI is InChI=1S/C23H20N4O/c1-16-5-2-6-17(13-16)14-25-19-10-11-21(26-15-19)23(28)27-20-9-3-7-18-8-4-12-24-22(18)20/h2-13,15,25H,14H2,1H3,(H,27,28). The predicted octanol–water partition coefficient (Wildman–Crippen LogP) is 4.80. The molecule has 2 N–H and O–H groups in total. The maximum atomic E-state index is 12.6. The highest BCUT2D eigenvalue weighted by molar-refractivity contribution is 6.07. The van der Waals surface area contributed by atoms with E-state index in [9.17, 15) is 4.79 Å². The fourth-order valence-corrected chi connectivity index (χ4v) is 3.05. The quantitative estimate of drug-likeness (QED) is 0.531. The normalized spacial score (nSPS) is 10.6. The highest BCUT2D eigenvalue weighted by Gasteiger charge is 2.10. The first kappa shape index (κ1) is 17.7. The van der Waals surface area contributed by atoms with Crippen LogP contribution in [0.4, 0.5) is 11.4 Å². The largest absolute Gasteiger partial charge is 0.380 e. The fourth-order valence-electron chi connectivity index (χ4n) is 3.05. The molecule has 0 atom stereocenters. The molecule has 4 rings (SSSR count). The molecule has 0 saturated heterocycles. The summed E-state index contributed by atoms with van der Waals surface area (Å²) in [6.07, 6.45) is 3.39. The Kier molecular flexibility index (Phi) is 4.97. The topological polar surface area (TPSA) is 66.9 Å². The number of aromatic nitrogens is 2. The first-order chi connectivity index (χ1) is 13.7. The molecule has 2 aromatic carbocycles. The van der Waals surface area contributed by atoms with Crippen LogP contribution in [0.2, 0.25) is 0 Å². The minimum atomic E-state index is -0.261. The summed E-state index contributed by atoms with van der Waals surface area (Å²) in [5.41, 5.74) is 5.08. The van der Waals surface area contributed by atoms with E-state index >= 15 is 0 Å². The molecule has 0 aliphatic rings. The molecule has 0 saturated carbocycles. The van der Waals surface area contributed by atoms with E-state index < -0.39 is 0 Å². The van der Waals surface area contributed by atoms with Crippen molar-refractivity contribution in [2.45, 2.75) is 13.5 Å². The Morgan fingerprint density at radius 1 is 0.964 bits per heavy atom. The molecule has 2 heterocycles. The second kappa shape index (κ2) is 7.88. The van der Waals surface area contributed by atoms with Gasteiger partial charge < -0.3 is 10.6 Å². The molecule has 0 radical (unpaired) electrons. The van der Waals surface area contributed by atoms with Crippen LogP contribution in [0.25, 0.3) is 10.9 Å². The Morgan fingerprint density at radius 3 is 2.64 bits per heavy atom. The average Bonchev–Trinajstić information content (AvgIpc) is 2.73. The molecular formula is C23H20N4O. The molecule has 0 aliphatic carbocycles. The van der Waals surface area contributed by atoms with E-state index in [2.05, 4.69) is 45.7 Å². The van der Waals surface area contributed by atoms with E-state index in [0.29, 0.717) is 17.9 Å². The van der Waals surface area contributed by atoms with Gasteiger partial charge in [-0.3, -0.25) is 9.78 Å². The summed E-state index contributed by atoms with van der Waals surface area (Å²) in [7, 11) is 0. The van der Waals surface area contributed by atoms with Crippen molar-refractivity contribution in [1.82, 2.24) is 9.97 Å². The summed E-state index contributed by atoms with van der Waals surface area (Å²) in [6.45, 7) is 2.78. The lowest BCUT2D eigenvalue weighted by atomic mass is 10.1. The number of aryl methyl sites for hydroxylation is 1. The van der Waals surface area contributed by atoms with E-state index in [1.807, 2.05) is 42.5 Å². The molecule has 5 heteroatoms. The first-order valence-electron chi connectivity index (χ1n) is 9.09. The van der Waals surface area contributed by atoms with Gasteiger partial charge in [0.1, 0.15) is 5.69 Å². The fraction of sp³-hybridized carbons (Fsp3) is 0.0870. The number of anilines is 2. The van der Waals surface area contributed by atoms with E-state index in [1.165, 1.54) is 11.1 Å². The number of carbonyl (C=O) groups excluding carboxylic acids is 1. The van der Waals surface area contributed by atoms with Crippen molar-refractivity contribution in [3.63, 3.8) is 0 Å². The number of benzene rings is 2. The number of fused-ring (bicyclic) bond motifs is 1. The summed E-state index contributed by atoms with van der Waals surface area (Å²) in [6, 6.07) is 21.4. The smallest absolute Gasteiger partial charge is 0.274 e. The van der Waals surface area contributed by atoms with Crippen LogP contribution in [-0.2, 0) is 6.54 Å². The predicted molar refractivity (Wildman–Crippen MR) is 112 cm³/mol. The van der Waals surface area contributed by atoms with Crippen molar-refractivity contribution < 1.29 is 4.79 Å². The number of amides is 1. The number of hydrogen-bond donors (Lipinski definition) is 2. The Balaban J connectivity index is 1.44. The van der Waals surface area contributed by atoms with Crippen LogP contribution in [0.1, 0.15) is 21.6 Å². The number of carbonyl (C=O) groups is 1. The lowest BCUT2D eigenvalue weighted by Gasteiger charge is -2.09. The number of nitrogens with zero attached hydrogens (tertiary/aromatic N) is 2. The van der Waals surface area contributed by atoms with Crippen LogP contribution >= 0.6 is 0 Å². The van der Waals surface area contributed by atoms with Crippen LogP contribution in [-0.4, -0.2) is 15.9 Å². The minimum absolute atomic E-state index is 0.261. The lowest BCUT2D eigenvalue weighted by Crippen LogP contribution is -2.14. The van der Waals surface area contributed by atoms with Gasteiger partial charge in [-0.25, -0.2) is 4.98 Å². The molecular weight excluding hydrogens is 348 g/mol. The maximum Gasteiger partial charge on any atom is 0.274 e. The van der Waals surface area contributed by atoms with Crippen LogP contribution in [0.5, 0.6) is 0 Å². The molecule has 0 unspecified atom stereocenters. The van der Waals surface area contributed by atoms with Gasteiger partial charge in [0.05, 0.1) is 23.1 Å². The van der Waals surface area contributed by atoms with E-state index in [4.69, 9.17) is 0 Å². The highest BCUT2D eigenvalue weighted by atomic mass is 16.1. The average molecular weight is 368 g/mol. The number of hydrogen-bond acceptors (Lipinski definition) is 4. The zero-order valence-corrected chi connectivity index (χ0v) is 15.5. The SMILES string of the molecule is Cc1cccc(CNc2ccc(C(=O)Nc3cccc4cccnc34)nc2)c1. The monoisotopic (exact) mass is 368 g/mol. The van der Waals surface area contributed by atoms with Crippen molar-refractivity contribution in [1.29, 1.82) is 0 Å². The van der Waals surface area contributed by atoms with Crippen molar-refractivity contribution in [2.24, 2.45) is 0 Å². The van der Waals surface area contributed by atoms with Gasteiger partial charge in [0.2, 0.25) is 0 Å². The minimum Gasteiger partial charge on any atom is -0.380 e. The molecule has 2 aromatic heterocycles. The molecule has 0 spiro atoms. The Bertz CT molecular complexity index is 1120. The molecule has 0 aliphatic heterocycles. The van der Waals surface area contributed by atoms with E-state index in [-0.39, 0.29) is 5.91 Å². The van der Waals surface area contributed by atoms with Crippen LogP contribution in [0, 0.1) is 6.92 Å². The lowest BCUT2D eigenvalue weighted by molar-refractivity contribution is 0.102. The second-order valence-electron chi connectivity index (χ2n) is 6.61. The summed E-state index contributed by atoms with van der Waals surface area (Å²) in [5.74, 6) is -0.261. The molecule has 0 bridgehead atoms. The van der Waals surface area contributed by atoms with Gasteiger partial charge in [0.15, 0.2) is 0 Å². The summed E-state index contributed by atoms with van der Waals surface area (Å²) < 4.78 is 0. The van der Waals surface area contributed by atoms with E-state index in [0.717, 1.165) is 16.6 Å². The molecule has 0 fully saturated rings. The number of pyridine rings is 2. The molecule has 138 valence electrons. The van der Waals surface area contributed by atoms with Crippen molar-refractivity contribution in [3.8, 4) is 0 Å². The second-order valence-corrected chi connectivity index (χ2v) is 6.61.